The zero-order valence-corrected chi connectivity index (χ0v) is 12.6. The fourth-order valence-electron chi connectivity index (χ4n) is 2.52. The van der Waals surface area contributed by atoms with Crippen LogP contribution in [0.15, 0.2) is 49.1 Å². The molecular weight excluding hydrogens is 284 g/mol. The molecule has 1 atom stereocenters. The largest absolute Gasteiger partial charge is 0.310 e. The summed E-state index contributed by atoms with van der Waals surface area (Å²) in [5, 5.41) is 8.68. The first-order valence-corrected chi connectivity index (χ1v) is 7.41. The highest BCUT2D eigenvalue weighted by atomic mass is 35.5. The van der Waals surface area contributed by atoms with Gasteiger partial charge in [-0.25, -0.2) is 4.52 Å². The van der Waals surface area contributed by atoms with E-state index in [2.05, 4.69) is 34.5 Å². The quantitative estimate of drug-likeness (QED) is 0.786. The predicted octanol–water partition coefficient (Wildman–Crippen LogP) is 3.28. The summed E-state index contributed by atoms with van der Waals surface area (Å²) in [6.07, 6.45) is 8.27. The van der Waals surface area contributed by atoms with Crippen molar-refractivity contribution in [2.75, 3.05) is 6.54 Å². The molecule has 0 aliphatic rings. The number of rotatable bonds is 5. The Morgan fingerprint density at radius 3 is 2.81 bits per heavy atom. The van der Waals surface area contributed by atoms with Crippen LogP contribution in [-0.2, 0) is 6.42 Å². The van der Waals surface area contributed by atoms with E-state index in [9.17, 15) is 0 Å². The van der Waals surface area contributed by atoms with Gasteiger partial charge in [0, 0.05) is 29.0 Å². The molecule has 0 fully saturated rings. The monoisotopic (exact) mass is 300 g/mol. The summed E-state index contributed by atoms with van der Waals surface area (Å²) in [6, 6.07) is 8.19. The molecule has 21 heavy (non-hydrogen) atoms. The lowest BCUT2D eigenvalue weighted by molar-refractivity contribution is 0.553. The SMILES string of the molecule is CCNC(Cc1ccc(Cl)cc1)c1cnn2ccncc12. The molecule has 1 aromatic carbocycles. The van der Waals surface area contributed by atoms with Gasteiger partial charge in [0.05, 0.1) is 17.9 Å². The Labute approximate surface area is 128 Å². The second-order valence-electron chi connectivity index (χ2n) is 4.95. The third kappa shape index (κ3) is 3.06. The smallest absolute Gasteiger partial charge is 0.0892 e. The van der Waals surface area contributed by atoms with Gasteiger partial charge in [-0.3, -0.25) is 4.98 Å². The topological polar surface area (TPSA) is 42.2 Å². The molecule has 0 saturated heterocycles. The number of benzene rings is 1. The molecular formula is C16H17ClN4. The van der Waals surface area contributed by atoms with Gasteiger partial charge in [0.15, 0.2) is 0 Å². The molecule has 3 rings (SSSR count). The van der Waals surface area contributed by atoms with Gasteiger partial charge >= 0.3 is 0 Å². The molecule has 0 saturated carbocycles. The van der Waals surface area contributed by atoms with E-state index in [1.807, 2.05) is 35.2 Å². The molecule has 108 valence electrons. The Hall–Kier alpha value is -1.91. The Bertz CT molecular complexity index is 720. The van der Waals surface area contributed by atoms with E-state index >= 15 is 0 Å². The fourth-order valence-corrected chi connectivity index (χ4v) is 2.64. The zero-order chi connectivity index (χ0) is 14.7. The summed E-state index contributed by atoms with van der Waals surface area (Å²) < 4.78 is 1.86. The molecule has 0 aliphatic heterocycles. The van der Waals surface area contributed by atoms with Crippen molar-refractivity contribution in [3.05, 3.63) is 65.2 Å². The maximum absolute atomic E-state index is 5.95. The van der Waals surface area contributed by atoms with Crippen molar-refractivity contribution in [2.24, 2.45) is 0 Å². The van der Waals surface area contributed by atoms with Gasteiger partial charge in [0.1, 0.15) is 0 Å². The average molecular weight is 301 g/mol. The lowest BCUT2D eigenvalue weighted by Gasteiger charge is -2.17. The average Bonchev–Trinajstić information content (AvgIpc) is 2.93. The van der Waals surface area contributed by atoms with E-state index in [1.54, 1.807) is 6.20 Å². The van der Waals surface area contributed by atoms with Gasteiger partial charge in [-0.15, -0.1) is 0 Å². The predicted molar refractivity (Wildman–Crippen MR) is 84.6 cm³/mol. The Morgan fingerprint density at radius 1 is 1.24 bits per heavy atom. The Kier molecular flexibility index (Phi) is 4.18. The fraction of sp³-hybridized carbons (Fsp3) is 0.250. The molecule has 0 bridgehead atoms. The lowest BCUT2D eigenvalue weighted by Crippen LogP contribution is -2.22. The number of aromatic nitrogens is 3. The standard InChI is InChI=1S/C16H17ClN4/c1-2-19-15(9-12-3-5-13(17)6-4-12)14-10-20-21-8-7-18-11-16(14)21/h3-8,10-11,15,19H,2,9H2,1H3. The first-order chi connectivity index (χ1) is 10.3. The van der Waals surface area contributed by atoms with Crippen LogP contribution in [0, 0.1) is 0 Å². The number of hydrogen-bond donors (Lipinski definition) is 1. The van der Waals surface area contributed by atoms with Crippen LogP contribution in [0.4, 0.5) is 0 Å². The molecule has 0 spiro atoms. The van der Waals surface area contributed by atoms with Crippen LogP contribution in [0.5, 0.6) is 0 Å². The number of halogens is 1. The number of fused-ring (bicyclic) bond motifs is 1. The van der Waals surface area contributed by atoms with E-state index in [-0.39, 0.29) is 6.04 Å². The highest BCUT2D eigenvalue weighted by Gasteiger charge is 2.16. The van der Waals surface area contributed by atoms with E-state index in [0.717, 1.165) is 23.5 Å². The van der Waals surface area contributed by atoms with Crippen molar-refractivity contribution >= 4 is 17.1 Å². The summed E-state index contributed by atoms with van der Waals surface area (Å²) in [7, 11) is 0. The van der Waals surface area contributed by atoms with E-state index in [1.165, 1.54) is 11.1 Å². The Balaban J connectivity index is 1.92. The second kappa shape index (κ2) is 6.24. The summed E-state index contributed by atoms with van der Waals surface area (Å²) >= 11 is 5.95. The maximum Gasteiger partial charge on any atom is 0.0892 e. The van der Waals surface area contributed by atoms with E-state index in [0.29, 0.717) is 0 Å². The van der Waals surface area contributed by atoms with Crippen molar-refractivity contribution in [3.63, 3.8) is 0 Å². The minimum absolute atomic E-state index is 0.206. The van der Waals surface area contributed by atoms with Crippen LogP contribution >= 0.6 is 11.6 Å². The van der Waals surface area contributed by atoms with Crippen molar-refractivity contribution in [1.82, 2.24) is 19.9 Å². The molecule has 4 nitrogen and oxygen atoms in total. The normalized spacial score (nSPS) is 12.7. The van der Waals surface area contributed by atoms with Crippen LogP contribution < -0.4 is 5.32 Å². The van der Waals surface area contributed by atoms with Crippen LogP contribution in [0.25, 0.3) is 5.52 Å². The first kappa shape index (κ1) is 14.0. The molecule has 1 N–H and O–H groups in total. The van der Waals surface area contributed by atoms with Crippen molar-refractivity contribution < 1.29 is 0 Å². The molecule has 0 amide bonds. The molecule has 0 aliphatic carbocycles. The number of hydrogen-bond acceptors (Lipinski definition) is 3. The minimum Gasteiger partial charge on any atom is -0.310 e. The van der Waals surface area contributed by atoms with Crippen molar-refractivity contribution in [3.8, 4) is 0 Å². The summed E-state index contributed by atoms with van der Waals surface area (Å²) in [5.41, 5.74) is 3.45. The van der Waals surface area contributed by atoms with Crippen LogP contribution in [-0.4, -0.2) is 21.1 Å². The summed E-state index contributed by atoms with van der Waals surface area (Å²) in [6.45, 7) is 3.01. The maximum atomic E-state index is 5.95. The van der Waals surface area contributed by atoms with E-state index in [4.69, 9.17) is 11.6 Å². The third-order valence-corrected chi connectivity index (χ3v) is 3.79. The minimum atomic E-state index is 0.206. The summed E-state index contributed by atoms with van der Waals surface area (Å²) in [5.74, 6) is 0. The van der Waals surface area contributed by atoms with Gasteiger partial charge < -0.3 is 5.32 Å². The molecule has 3 aromatic rings. The molecule has 1 unspecified atom stereocenters. The first-order valence-electron chi connectivity index (χ1n) is 7.03. The van der Waals surface area contributed by atoms with Crippen LogP contribution in [0.2, 0.25) is 5.02 Å². The van der Waals surface area contributed by atoms with Gasteiger partial charge in [-0.05, 0) is 30.7 Å². The zero-order valence-electron chi connectivity index (χ0n) is 11.8. The Morgan fingerprint density at radius 2 is 2.05 bits per heavy atom. The molecule has 2 heterocycles. The highest BCUT2D eigenvalue weighted by Crippen LogP contribution is 2.23. The number of likely N-dealkylation sites (N-methyl/N-ethyl adjacent to an activating group) is 1. The van der Waals surface area contributed by atoms with Gasteiger partial charge in [-0.2, -0.15) is 5.10 Å². The van der Waals surface area contributed by atoms with E-state index < -0.39 is 0 Å². The van der Waals surface area contributed by atoms with Crippen LogP contribution in [0.3, 0.4) is 0 Å². The lowest BCUT2D eigenvalue weighted by atomic mass is 10.00. The number of nitrogens with one attached hydrogen (secondary N) is 1. The van der Waals surface area contributed by atoms with Gasteiger partial charge in [0.25, 0.3) is 0 Å². The van der Waals surface area contributed by atoms with Crippen molar-refractivity contribution in [2.45, 2.75) is 19.4 Å². The molecule has 0 radical (unpaired) electrons. The third-order valence-electron chi connectivity index (χ3n) is 3.53. The highest BCUT2D eigenvalue weighted by molar-refractivity contribution is 6.30. The summed E-state index contributed by atoms with van der Waals surface area (Å²) in [4.78, 5) is 4.20. The van der Waals surface area contributed by atoms with Gasteiger partial charge in [0.2, 0.25) is 0 Å². The molecule has 5 heteroatoms. The second-order valence-corrected chi connectivity index (χ2v) is 5.38. The van der Waals surface area contributed by atoms with Gasteiger partial charge in [-0.1, -0.05) is 30.7 Å². The molecule has 2 aromatic heterocycles. The van der Waals surface area contributed by atoms with Crippen molar-refractivity contribution in [1.29, 1.82) is 0 Å². The van der Waals surface area contributed by atoms with Crippen LogP contribution in [0.1, 0.15) is 24.1 Å². The number of nitrogens with zero attached hydrogens (tertiary/aromatic N) is 3.